The van der Waals surface area contributed by atoms with Crippen molar-refractivity contribution in [1.82, 2.24) is 0 Å². The van der Waals surface area contributed by atoms with E-state index in [0.29, 0.717) is 0 Å². The van der Waals surface area contributed by atoms with Crippen LogP contribution in [0.15, 0.2) is 42.5 Å². The summed E-state index contributed by atoms with van der Waals surface area (Å²) in [5.41, 5.74) is 7.29. The first-order chi connectivity index (χ1) is 8.81. The van der Waals surface area contributed by atoms with Gasteiger partial charge < -0.3 is 0 Å². The van der Waals surface area contributed by atoms with Gasteiger partial charge in [0, 0.05) is 0 Å². The van der Waals surface area contributed by atoms with E-state index < -0.39 is 0 Å². The minimum absolute atomic E-state index is 1.09. The predicted molar refractivity (Wildman–Crippen MR) is 80.0 cm³/mol. The molecule has 0 spiro atoms. The molecule has 0 aliphatic carbocycles. The maximum atomic E-state index is 2.27. The molecule has 0 bridgehead atoms. The minimum atomic E-state index is 1.09. The van der Waals surface area contributed by atoms with Gasteiger partial charge >= 0.3 is 0 Å². The van der Waals surface area contributed by atoms with Crippen molar-refractivity contribution in [1.29, 1.82) is 0 Å². The first kappa shape index (κ1) is 12.9. The van der Waals surface area contributed by atoms with Crippen LogP contribution in [0, 0.1) is 0 Å². The lowest BCUT2D eigenvalue weighted by Gasteiger charge is -2.16. The van der Waals surface area contributed by atoms with Crippen molar-refractivity contribution in [3.05, 3.63) is 59.2 Å². The van der Waals surface area contributed by atoms with Crippen LogP contribution in [0.3, 0.4) is 0 Å². The highest BCUT2D eigenvalue weighted by Crippen LogP contribution is 2.31. The Bertz CT molecular complexity index is 501. The van der Waals surface area contributed by atoms with Crippen LogP contribution in [0.1, 0.15) is 37.5 Å². The molecular weight excluding hydrogens is 216 g/mol. The molecule has 0 saturated heterocycles. The molecule has 0 aliphatic rings. The summed E-state index contributed by atoms with van der Waals surface area (Å²) in [6.45, 7) is 6.72. The second kappa shape index (κ2) is 5.86. The van der Waals surface area contributed by atoms with Crippen LogP contribution in [-0.4, -0.2) is 0 Å². The molecular formula is C18H22. The molecule has 0 amide bonds. The molecule has 0 aliphatic heterocycles. The molecule has 18 heavy (non-hydrogen) atoms. The molecule has 0 N–H and O–H groups in total. The van der Waals surface area contributed by atoms with Crippen molar-refractivity contribution in [3.8, 4) is 11.1 Å². The van der Waals surface area contributed by atoms with Gasteiger partial charge in [-0.05, 0) is 47.1 Å². The molecule has 94 valence electrons. The highest BCUT2D eigenvalue weighted by atomic mass is 14.1. The fourth-order valence-electron chi connectivity index (χ4n) is 2.66. The number of benzene rings is 2. The number of hydrogen-bond acceptors (Lipinski definition) is 0. The Morgan fingerprint density at radius 1 is 0.611 bits per heavy atom. The van der Waals surface area contributed by atoms with E-state index in [0.717, 1.165) is 19.3 Å². The largest absolute Gasteiger partial charge is 0.0620 e. The van der Waals surface area contributed by atoms with E-state index in [1.807, 2.05) is 0 Å². The molecule has 0 fully saturated rings. The van der Waals surface area contributed by atoms with Crippen LogP contribution in [0.2, 0.25) is 0 Å². The van der Waals surface area contributed by atoms with Gasteiger partial charge in [-0.2, -0.15) is 0 Å². The summed E-state index contributed by atoms with van der Waals surface area (Å²) in [4.78, 5) is 0. The van der Waals surface area contributed by atoms with E-state index in [1.165, 1.54) is 27.8 Å². The Balaban J connectivity index is 2.68. The molecule has 2 rings (SSSR count). The fraction of sp³-hybridized carbons (Fsp3) is 0.333. The Hall–Kier alpha value is -1.56. The van der Waals surface area contributed by atoms with Gasteiger partial charge in [0.1, 0.15) is 0 Å². The number of aryl methyl sites for hydroxylation is 3. The summed E-state index contributed by atoms with van der Waals surface area (Å²) in [6, 6.07) is 15.5. The van der Waals surface area contributed by atoms with Crippen LogP contribution in [0.4, 0.5) is 0 Å². The van der Waals surface area contributed by atoms with Crippen LogP contribution >= 0.6 is 0 Å². The van der Waals surface area contributed by atoms with Gasteiger partial charge in [-0.3, -0.25) is 0 Å². The zero-order valence-corrected chi connectivity index (χ0v) is 11.7. The smallest absolute Gasteiger partial charge is 0.0117 e. The molecule has 0 heterocycles. The fourth-order valence-corrected chi connectivity index (χ4v) is 2.66. The van der Waals surface area contributed by atoms with E-state index in [-0.39, 0.29) is 0 Å². The van der Waals surface area contributed by atoms with E-state index in [9.17, 15) is 0 Å². The standard InChI is InChI=1S/C18H22/c1-4-14-10-7-8-13-17(14)18-15(5-2)11-9-12-16(18)6-3/h7-13H,4-6H2,1-3H3. The van der Waals surface area contributed by atoms with E-state index >= 15 is 0 Å². The topological polar surface area (TPSA) is 0 Å². The monoisotopic (exact) mass is 238 g/mol. The highest BCUT2D eigenvalue weighted by molar-refractivity contribution is 5.74. The molecule has 0 nitrogen and oxygen atoms in total. The summed E-state index contributed by atoms with van der Waals surface area (Å²) in [7, 11) is 0. The van der Waals surface area contributed by atoms with Crippen LogP contribution in [0.25, 0.3) is 11.1 Å². The SMILES string of the molecule is CCc1ccccc1-c1c(CC)cccc1CC. The molecule has 0 saturated carbocycles. The summed E-state index contributed by atoms with van der Waals surface area (Å²) in [5.74, 6) is 0. The molecule has 0 heteroatoms. The van der Waals surface area contributed by atoms with Gasteiger partial charge in [0.25, 0.3) is 0 Å². The van der Waals surface area contributed by atoms with Gasteiger partial charge in [-0.15, -0.1) is 0 Å². The van der Waals surface area contributed by atoms with Crippen molar-refractivity contribution < 1.29 is 0 Å². The summed E-state index contributed by atoms with van der Waals surface area (Å²) in [5, 5.41) is 0. The lowest BCUT2D eigenvalue weighted by atomic mass is 9.88. The van der Waals surface area contributed by atoms with Crippen molar-refractivity contribution in [3.63, 3.8) is 0 Å². The Morgan fingerprint density at radius 2 is 1.11 bits per heavy atom. The predicted octanol–water partition coefficient (Wildman–Crippen LogP) is 5.04. The maximum Gasteiger partial charge on any atom is -0.0117 e. The summed E-state index contributed by atoms with van der Waals surface area (Å²) >= 11 is 0. The van der Waals surface area contributed by atoms with Gasteiger partial charge in [0.2, 0.25) is 0 Å². The van der Waals surface area contributed by atoms with Gasteiger partial charge in [0.15, 0.2) is 0 Å². The third-order valence-corrected chi connectivity index (χ3v) is 3.67. The van der Waals surface area contributed by atoms with E-state index in [1.54, 1.807) is 0 Å². The number of hydrogen-bond donors (Lipinski definition) is 0. The molecule has 0 radical (unpaired) electrons. The highest BCUT2D eigenvalue weighted by Gasteiger charge is 2.11. The molecule has 0 unspecified atom stereocenters. The van der Waals surface area contributed by atoms with Crippen molar-refractivity contribution in [2.45, 2.75) is 40.0 Å². The third kappa shape index (κ3) is 2.33. The van der Waals surface area contributed by atoms with Crippen LogP contribution in [0.5, 0.6) is 0 Å². The third-order valence-electron chi connectivity index (χ3n) is 3.67. The second-order valence-electron chi connectivity index (χ2n) is 4.67. The Morgan fingerprint density at radius 3 is 1.67 bits per heavy atom. The summed E-state index contributed by atoms with van der Waals surface area (Å²) in [6.07, 6.45) is 3.29. The van der Waals surface area contributed by atoms with E-state index in [4.69, 9.17) is 0 Å². The zero-order valence-electron chi connectivity index (χ0n) is 11.7. The van der Waals surface area contributed by atoms with Crippen molar-refractivity contribution in [2.24, 2.45) is 0 Å². The van der Waals surface area contributed by atoms with Gasteiger partial charge in [0.05, 0.1) is 0 Å². The lowest BCUT2D eigenvalue weighted by Crippen LogP contribution is -1.97. The minimum Gasteiger partial charge on any atom is -0.0620 e. The first-order valence-corrected chi connectivity index (χ1v) is 7.00. The van der Waals surface area contributed by atoms with E-state index in [2.05, 4.69) is 63.2 Å². The van der Waals surface area contributed by atoms with Gasteiger partial charge in [-0.1, -0.05) is 63.2 Å². The van der Waals surface area contributed by atoms with Crippen LogP contribution in [-0.2, 0) is 19.3 Å². The normalized spacial score (nSPS) is 10.6. The molecule has 2 aromatic carbocycles. The average Bonchev–Trinajstić information content (AvgIpc) is 2.46. The van der Waals surface area contributed by atoms with Gasteiger partial charge in [-0.25, -0.2) is 0 Å². The first-order valence-electron chi connectivity index (χ1n) is 7.00. The molecule has 0 aromatic heterocycles. The van der Waals surface area contributed by atoms with Crippen molar-refractivity contribution in [2.75, 3.05) is 0 Å². The quantitative estimate of drug-likeness (QED) is 0.700. The Kier molecular flexibility index (Phi) is 4.19. The lowest BCUT2D eigenvalue weighted by molar-refractivity contribution is 1.08. The maximum absolute atomic E-state index is 2.27. The summed E-state index contributed by atoms with van der Waals surface area (Å²) < 4.78 is 0. The molecule has 0 atom stereocenters. The average molecular weight is 238 g/mol. The Labute approximate surface area is 111 Å². The zero-order chi connectivity index (χ0) is 13.0. The van der Waals surface area contributed by atoms with Crippen LogP contribution < -0.4 is 0 Å². The second-order valence-corrected chi connectivity index (χ2v) is 4.67. The van der Waals surface area contributed by atoms with Crippen molar-refractivity contribution >= 4 is 0 Å². The number of rotatable bonds is 4. The molecule has 2 aromatic rings.